The minimum absolute atomic E-state index is 0.0601. The normalized spacial score (nSPS) is 16.8. The molecule has 0 aromatic rings. The molecule has 884 valence electrons. The first kappa shape index (κ1) is 153. The summed E-state index contributed by atoms with van der Waals surface area (Å²) in [6, 6.07) is 0. The Morgan fingerprint density at radius 1 is 0.224 bits per heavy atom. The van der Waals surface area contributed by atoms with Gasteiger partial charge in [0.2, 0.25) is 0 Å². The predicted molar refractivity (Wildman–Crippen MR) is 632 cm³/mol. The molecule has 0 aliphatic carbocycles. The first-order valence-electron chi connectivity index (χ1n) is 52.5. The van der Waals surface area contributed by atoms with Crippen molar-refractivity contribution in [2.45, 2.75) is 500 Å². The van der Waals surface area contributed by atoms with Crippen molar-refractivity contribution in [2.75, 3.05) is 140 Å². The first-order chi connectivity index (χ1) is 65.7. The van der Waals surface area contributed by atoms with Gasteiger partial charge in [0, 0.05) is 55.2 Å². The molecule has 0 saturated carbocycles. The van der Waals surface area contributed by atoms with Crippen molar-refractivity contribution in [3.63, 3.8) is 0 Å². The molecule has 4 saturated heterocycles. The second-order valence-electron chi connectivity index (χ2n) is 52.1. The summed E-state index contributed by atoms with van der Waals surface area (Å²) in [6.45, 7) is 78.1. The number of likely N-dealkylation sites (tertiary alicyclic amines) is 4. The highest BCUT2D eigenvalue weighted by molar-refractivity contribution is 8.57. The number of piperidine rings is 4. The third kappa shape index (κ3) is 91.4. The van der Waals surface area contributed by atoms with Crippen LogP contribution in [0, 0.1) is 10.8 Å². The van der Waals surface area contributed by atoms with Crippen LogP contribution in [0.4, 0.5) is 0 Å². The Labute approximate surface area is 926 Å². The lowest BCUT2D eigenvalue weighted by Crippen LogP contribution is -2.36. The van der Waals surface area contributed by atoms with Gasteiger partial charge in [0.05, 0.1) is 102 Å². The number of nitrogens with zero attached hydrogens (tertiary/aromatic N) is 4. The summed E-state index contributed by atoms with van der Waals surface area (Å²) in [5.74, 6) is 2.94. The lowest BCUT2D eigenvalue weighted by Gasteiger charge is -2.33. The second kappa shape index (κ2) is 67.4. The van der Waals surface area contributed by atoms with Gasteiger partial charge < -0.3 is 33.6 Å². The van der Waals surface area contributed by atoms with Gasteiger partial charge in [-0.15, -0.1) is 0 Å². The second-order valence-corrected chi connectivity index (χ2v) is 79.9. The average Bonchev–Trinajstić information content (AvgIpc) is 0.878. The Balaban J connectivity index is -0.00000167. The number of ether oxygens (including phenoxy) is 4. The van der Waals surface area contributed by atoms with Crippen molar-refractivity contribution >= 4 is 139 Å². The Morgan fingerprint density at radius 2 is 0.422 bits per heavy atom. The Hall–Kier alpha value is 2.20. The maximum absolute atomic E-state index is 13.1. The molecular weight excluding hydrogens is 2150 g/mol. The van der Waals surface area contributed by atoms with Gasteiger partial charge in [-0.3, -0.25) is 77.8 Å². The van der Waals surface area contributed by atoms with E-state index in [1.807, 2.05) is 325 Å². The van der Waals surface area contributed by atoms with Crippen LogP contribution in [0.3, 0.4) is 0 Å². The van der Waals surface area contributed by atoms with Crippen LogP contribution in [0.25, 0.3) is 0 Å². The van der Waals surface area contributed by atoms with Crippen LogP contribution in [0.15, 0.2) is 0 Å². The zero-order valence-electron chi connectivity index (χ0n) is 102. The van der Waals surface area contributed by atoms with E-state index >= 15 is 0 Å². The number of hydrogen-bond acceptors (Lipinski definition) is 38. The van der Waals surface area contributed by atoms with Gasteiger partial charge in [0.25, 0.3) is 0 Å². The van der Waals surface area contributed by atoms with Crippen molar-refractivity contribution in [1.29, 1.82) is 0 Å². The van der Waals surface area contributed by atoms with Crippen molar-refractivity contribution < 1.29 is 124 Å². The lowest BCUT2D eigenvalue weighted by atomic mass is 9.89. The zero-order valence-corrected chi connectivity index (χ0v) is 114. The van der Waals surface area contributed by atoms with Gasteiger partial charge in [-0.25, -0.2) is 32.0 Å². The van der Waals surface area contributed by atoms with E-state index < -0.39 is 137 Å². The molecule has 4 aliphatic rings. The summed E-state index contributed by atoms with van der Waals surface area (Å²) >= 11 is 8.22. The largest absolute Gasteiger partial charge is 0.464 e. The topological polar surface area (TPSA) is 333 Å². The summed E-state index contributed by atoms with van der Waals surface area (Å²) in [7, 11) is 3.16. The molecule has 0 amide bonds. The van der Waals surface area contributed by atoms with Crippen LogP contribution in [-0.2, 0) is 124 Å². The molecule has 147 heavy (non-hydrogen) atoms. The number of hydrogen-bond donors (Lipinski definition) is 0. The SMILES string of the molecule is CC(C)(C)OP(=O)(OC(C)(C)C)SCCN1CCCCC1.CC(C)(C)OP(=O)(OC(C)(C)C)SCCOC(=O)C(C)(C)CCN1CCCCC1.CC(C)(C)OP(=O)(OC(C)(C)C)SCN1CCCCC1.CC(C)(C)OP(=O)(OC(C)(C)C)SCOC(=O)C(C)(C)CCN1CCCCC1.CCCSP(=O)(OC(C)(C)C)OC(C)(C)C.COCCSP(=O)(OC(C)(C)C)OC(C)(C)C.COCSP(=O)(OC(C)(C)C)OC(C)(C)C. The van der Waals surface area contributed by atoms with Gasteiger partial charge in [-0.2, -0.15) is 0 Å². The lowest BCUT2D eigenvalue weighted by molar-refractivity contribution is -0.154. The van der Waals surface area contributed by atoms with Crippen LogP contribution >= 0.6 is 127 Å². The highest BCUT2D eigenvalue weighted by Crippen LogP contribution is 2.71. The van der Waals surface area contributed by atoms with Gasteiger partial charge >= 0.3 is 59.5 Å². The van der Waals surface area contributed by atoms with E-state index in [1.54, 1.807) is 14.2 Å². The quantitative estimate of drug-likeness (QED) is 0.0236. The fraction of sp³-hybridized carbons (Fsp3) is 0.980. The molecule has 0 spiro atoms. The van der Waals surface area contributed by atoms with Crippen molar-refractivity contribution in [3.8, 4) is 0 Å². The van der Waals surface area contributed by atoms with Crippen molar-refractivity contribution in [1.82, 2.24) is 19.6 Å². The van der Waals surface area contributed by atoms with Gasteiger partial charge in [-0.1, -0.05) is 32.6 Å². The van der Waals surface area contributed by atoms with Crippen molar-refractivity contribution in [2.24, 2.45) is 10.8 Å². The monoisotopic (exact) mass is 2370 g/mol. The Bertz CT molecular complexity index is 3780. The van der Waals surface area contributed by atoms with Gasteiger partial charge in [-0.05, 0) is 523 Å². The van der Waals surface area contributed by atoms with E-state index in [0.717, 1.165) is 137 Å². The summed E-state index contributed by atoms with van der Waals surface area (Å²) in [6.07, 6.45) is 17.7. The number of carbonyl (C=O) groups excluding carboxylic acids is 2. The average molecular weight is 2370 g/mol. The summed E-state index contributed by atoms with van der Waals surface area (Å²) in [4.78, 5) is 34.7. The summed E-state index contributed by atoms with van der Waals surface area (Å²) in [5.41, 5.74) is -8.41. The fourth-order valence-electron chi connectivity index (χ4n) is 12.7. The molecule has 0 unspecified atom stereocenters. The number of methoxy groups -OCH3 is 2. The van der Waals surface area contributed by atoms with Crippen LogP contribution in [0.2, 0.25) is 0 Å². The standard InChI is InChI=1S/C21H42NO5PS.C20H40NO5PS.C15H32NO3PS.C14H30NO3PS.C11H25O4PS.C11H25O3PS.C10H23O4PS/c1-19(2,3)26-28(24,27-20(4,5)6)29-17-16-25-18(23)21(7,8)12-15-22-13-10-9-11-14-22;1-18(2,3)25-27(23,26-19(4,5)6)28-16-24-17(22)20(7,8)12-15-21-13-10-9-11-14-21;1-14(2,3)18-20(17,19-15(4,5)6)21-13-12-16-10-8-7-9-11-16;1-13(2,3)17-19(16,18-14(4,5)6)20-12-15-10-8-7-9-11-15;1-10(2,3)14-16(12,15-11(4,5)6)17-9-8-13-7;1-8-9-16-15(12,13-10(2,3)4)14-11(5,6)7;1-9(2,3)13-15(11,16-8-12-7)14-10(4,5)6/h9-17H2,1-8H3;9-16H2,1-8H3;7-13H2,1-6H3;7-12H2,1-6H3;8-9H2,1-7H3;8-9H2,1-7H3;8H2,1-7H3. The molecule has 0 atom stereocenters. The Morgan fingerprint density at radius 3 is 0.653 bits per heavy atom. The number of carbonyl (C=O) groups is 2. The molecule has 31 nitrogen and oxygen atoms in total. The van der Waals surface area contributed by atoms with Crippen LogP contribution < -0.4 is 0 Å². The summed E-state index contributed by atoms with van der Waals surface area (Å²) in [5, 5.41) is 0. The fourth-order valence-corrected chi connectivity index (χ4v) is 43.7. The van der Waals surface area contributed by atoms with E-state index in [4.69, 9.17) is 82.3 Å². The molecule has 0 aromatic carbocycles. The molecule has 0 radical (unpaired) electrons. The van der Waals surface area contributed by atoms with Crippen molar-refractivity contribution in [3.05, 3.63) is 0 Å². The van der Waals surface area contributed by atoms with Gasteiger partial charge in [0.1, 0.15) is 18.5 Å². The number of esters is 2. The molecule has 4 fully saturated rings. The van der Waals surface area contributed by atoms with Crippen LogP contribution in [0.5, 0.6) is 0 Å². The Kier molecular flexibility index (Phi) is 70.3. The van der Waals surface area contributed by atoms with E-state index in [0.29, 0.717) is 24.0 Å². The number of rotatable bonds is 46. The maximum atomic E-state index is 13.1. The van der Waals surface area contributed by atoms with E-state index in [1.165, 1.54) is 123 Å². The molecule has 0 aromatic heterocycles. The highest BCUT2D eigenvalue weighted by atomic mass is 32.7. The van der Waals surface area contributed by atoms with E-state index in [9.17, 15) is 41.5 Å². The van der Waals surface area contributed by atoms with Gasteiger partial charge in [0.15, 0.2) is 0 Å². The maximum Gasteiger partial charge on any atom is 0.393 e. The molecule has 0 N–H and O–H groups in total. The minimum atomic E-state index is -3.48. The molecule has 0 bridgehead atoms. The smallest absolute Gasteiger partial charge is 0.393 e. The highest BCUT2D eigenvalue weighted by Gasteiger charge is 2.45. The first-order valence-corrected chi connectivity index (χ1v) is 74.4. The van der Waals surface area contributed by atoms with E-state index in [-0.39, 0.29) is 30.4 Å². The van der Waals surface area contributed by atoms with E-state index in [2.05, 4.69) is 19.6 Å². The zero-order chi connectivity index (χ0) is 115. The van der Waals surface area contributed by atoms with Crippen LogP contribution in [0.1, 0.15) is 422 Å². The third-order valence-corrected chi connectivity index (χ3v) is 46.4. The molecule has 4 rings (SSSR count). The summed E-state index contributed by atoms with van der Waals surface area (Å²) < 4.78 is 190. The third-order valence-electron chi connectivity index (χ3n) is 17.7. The molecule has 45 heteroatoms. The van der Waals surface area contributed by atoms with Crippen LogP contribution in [-0.4, -0.2) is 250 Å². The molecular formula is C102H217N4O27P7S7. The molecule has 4 aliphatic heterocycles. The molecule has 4 heterocycles. The minimum Gasteiger partial charge on any atom is -0.464 e. The predicted octanol–water partition coefficient (Wildman–Crippen LogP) is 34.6.